The summed E-state index contributed by atoms with van der Waals surface area (Å²) < 4.78 is 0. The summed E-state index contributed by atoms with van der Waals surface area (Å²) in [6.45, 7) is 15.0. The molecule has 0 aliphatic heterocycles. The van der Waals surface area contributed by atoms with Gasteiger partial charge in [0.2, 0.25) is 0 Å². The van der Waals surface area contributed by atoms with Gasteiger partial charge in [0.1, 0.15) is 0 Å². The minimum atomic E-state index is -1.32. The van der Waals surface area contributed by atoms with Crippen molar-refractivity contribution in [3.8, 4) is 0 Å². The lowest BCUT2D eigenvalue weighted by atomic mass is 10.0. The number of hydrogen-bond donors (Lipinski definition) is 0. The van der Waals surface area contributed by atoms with Crippen LogP contribution in [0.25, 0.3) is 0 Å². The second-order valence-electron chi connectivity index (χ2n) is 9.33. The highest BCUT2D eigenvalue weighted by atomic mass is 28.3. The van der Waals surface area contributed by atoms with Crippen LogP contribution in [0, 0.1) is 0 Å². The van der Waals surface area contributed by atoms with Crippen LogP contribution in [0.15, 0.2) is 22.3 Å². The summed E-state index contributed by atoms with van der Waals surface area (Å²) in [4.78, 5) is 0. The van der Waals surface area contributed by atoms with Gasteiger partial charge >= 0.3 is 0 Å². The fraction of sp³-hybridized carbons (Fsp3) is 0.826. The molecule has 24 heavy (non-hydrogen) atoms. The van der Waals surface area contributed by atoms with Crippen LogP contribution >= 0.6 is 0 Å². The second kappa shape index (κ2) is 8.88. The molecule has 0 spiro atoms. The van der Waals surface area contributed by atoms with E-state index in [1.807, 2.05) is 0 Å². The van der Waals surface area contributed by atoms with E-state index >= 15 is 0 Å². The summed E-state index contributed by atoms with van der Waals surface area (Å²) in [5.41, 5.74) is 8.47. The maximum Gasteiger partial charge on any atom is 0.0626 e. The zero-order chi connectivity index (χ0) is 17.7. The topological polar surface area (TPSA) is 0 Å². The first kappa shape index (κ1) is 20.0. The van der Waals surface area contributed by atoms with Crippen molar-refractivity contribution in [2.75, 3.05) is 0 Å². The van der Waals surface area contributed by atoms with Crippen LogP contribution in [-0.2, 0) is 0 Å². The number of rotatable bonds is 2. The molecule has 1 fully saturated rings. The maximum absolute atomic E-state index is 2.72. The summed E-state index contributed by atoms with van der Waals surface area (Å²) in [7, 11) is -1.32. The van der Waals surface area contributed by atoms with Gasteiger partial charge in [-0.3, -0.25) is 0 Å². The van der Waals surface area contributed by atoms with Crippen molar-refractivity contribution in [1.29, 1.82) is 0 Å². The summed E-state index contributed by atoms with van der Waals surface area (Å²) >= 11 is 0. The van der Waals surface area contributed by atoms with E-state index in [-0.39, 0.29) is 0 Å². The molecule has 2 aliphatic rings. The van der Waals surface area contributed by atoms with E-state index < -0.39 is 8.07 Å². The smallest absolute Gasteiger partial charge is 0.0626 e. The molecule has 2 aliphatic carbocycles. The van der Waals surface area contributed by atoms with Gasteiger partial charge in [0.15, 0.2) is 0 Å². The standard InChI is InChI=1S/C23H42Si/c1-18-19(2)21(4)23(20(18)3)24(5,6)22-16-14-12-10-8-7-9-11-13-15-17-22/h22-23H,7-17H2,1-6H3. The van der Waals surface area contributed by atoms with Crippen LogP contribution in [-0.4, -0.2) is 8.07 Å². The van der Waals surface area contributed by atoms with E-state index in [2.05, 4.69) is 40.8 Å². The maximum atomic E-state index is 2.72. The van der Waals surface area contributed by atoms with E-state index in [0.717, 1.165) is 11.1 Å². The molecule has 0 amide bonds. The summed E-state index contributed by atoms with van der Waals surface area (Å²) in [5.74, 6) is 0. The molecule has 0 unspecified atom stereocenters. The normalized spacial score (nSPS) is 24.2. The van der Waals surface area contributed by atoms with Crippen LogP contribution in [0.3, 0.4) is 0 Å². The van der Waals surface area contributed by atoms with Gasteiger partial charge in [-0.15, -0.1) is 0 Å². The fourth-order valence-electron chi connectivity index (χ4n) is 5.61. The first-order valence-corrected chi connectivity index (χ1v) is 13.9. The van der Waals surface area contributed by atoms with Crippen LogP contribution < -0.4 is 0 Å². The van der Waals surface area contributed by atoms with E-state index in [0.29, 0.717) is 0 Å². The molecule has 0 radical (unpaired) electrons. The van der Waals surface area contributed by atoms with Crippen molar-refractivity contribution in [2.24, 2.45) is 0 Å². The molecule has 2 rings (SSSR count). The highest BCUT2D eigenvalue weighted by Crippen LogP contribution is 2.52. The third-order valence-electron chi connectivity index (χ3n) is 7.51. The Morgan fingerprint density at radius 1 is 0.583 bits per heavy atom. The Balaban J connectivity index is 2.14. The summed E-state index contributed by atoms with van der Waals surface area (Å²) in [6.07, 6.45) is 16.4. The van der Waals surface area contributed by atoms with Gasteiger partial charge in [0.05, 0.1) is 8.07 Å². The summed E-state index contributed by atoms with van der Waals surface area (Å²) in [5, 5.41) is 0. The minimum Gasteiger partial charge on any atom is -0.0684 e. The predicted molar refractivity (Wildman–Crippen MR) is 113 cm³/mol. The second-order valence-corrected chi connectivity index (χ2v) is 14.4. The van der Waals surface area contributed by atoms with Crippen LogP contribution in [0.1, 0.15) is 98.3 Å². The quantitative estimate of drug-likeness (QED) is 0.440. The lowest BCUT2D eigenvalue weighted by Crippen LogP contribution is -2.39. The molecule has 0 aromatic rings. The first-order chi connectivity index (χ1) is 11.4. The SMILES string of the molecule is CC1=C(C)C([Si](C)(C)C2CCCCCCCCCCC2)C(C)=C1C. The Hall–Kier alpha value is -0.303. The predicted octanol–water partition coefficient (Wildman–Crippen LogP) is 8.43. The fourth-order valence-corrected chi connectivity index (χ4v) is 10.6. The van der Waals surface area contributed by atoms with Crippen molar-refractivity contribution >= 4 is 8.07 Å². The lowest BCUT2D eigenvalue weighted by Gasteiger charge is -2.40. The van der Waals surface area contributed by atoms with E-state index in [1.54, 1.807) is 22.3 Å². The molecule has 0 N–H and O–H groups in total. The molecule has 0 saturated heterocycles. The van der Waals surface area contributed by atoms with E-state index in [4.69, 9.17) is 0 Å². The Labute approximate surface area is 153 Å². The summed E-state index contributed by atoms with van der Waals surface area (Å²) in [6, 6.07) is 0. The van der Waals surface area contributed by atoms with Crippen LogP contribution in [0.2, 0.25) is 24.2 Å². The average Bonchev–Trinajstić information content (AvgIpc) is 2.71. The molecular formula is C23H42Si. The highest BCUT2D eigenvalue weighted by Gasteiger charge is 2.43. The van der Waals surface area contributed by atoms with Gasteiger partial charge in [0.25, 0.3) is 0 Å². The first-order valence-electron chi connectivity index (χ1n) is 10.7. The zero-order valence-corrected chi connectivity index (χ0v) is 18.4. The van der Waals surface area contributed by atoms with Gasteiger partial charge in [-0.2, -0.15) is 0 Å². The number of allylic oxidation sites excluding steroid dienone is 4. The molecule has 0 atom stereocenters. The molecule has 0 heterocycles. The molecule has 0 aromatic heterocycles. The van der Waals surface area contributed by atoms with Crippen molar-refractivity contribution < 1.29 is 0 Å². The monoisotopic (exact) mass is 346 g/mol. The molecular weight excluding hydrogens is 304 g/mol. The highest BCUT2D eigenvalue weighted by molar-refractivity contribution is 6.81. The van der Waals surface area contributed by atoms with Crippen molar-refractivity contribution in [2.45, 2.75) is 123 Å². The molecule has 0 bridgehead atoms. The average molecular weight is 347 g/mol. The third kappa shape index (κ3) is 4.45. The van der Waals surface area contributed by atoms with E-state index in [1.165, 1.54) is 70.6 Å². The Morgan fingerprint density at radius 3 is 1.29 bits per heavy atom. The van der Waals surface area contributed by atoms with Gasteiger partial charge in [-0.25, -0.2) is 0 Å². The van der Waals surface area contributed by atoms with Crippen molar-refractivity contribution in [3.05, 3.63) is 22.3 Å². The van der Waals surface area contributed by atoms with Crippen LogP contribution in [0.4, 0.5) is 0 Å². The Morgan fingerprint density at radius 2 is 0.917 bits per heavy atom. The largest absolute Gasteiger partial charge is 0.0684 e. The van der Waals surface area contributed by atoms with Crippen LogP contribution in [0.5, 0.6) is 0 Å². The Bertz CT molecular complexity index is 444. The van der Waals surface area contributed by atoms with E-state index in [9.17, 15) is 0 Å². The molecule has 1 heteroatoms. The van der Waals surface area contributed by atoms with Gasteiger partial charge in [-0.05, 0) is 49.9 Å². The van der Waals surface area contributed by atoms with Crippen molar-refractivity contribution in [3.63, 3.8) is 0 Å². The Kier molecular flexibility index (Phi) is 7.40. The molecule has 0 nitrogen and oxygen atoms in total. The van der Waals surface area contributed by atoms with Gasteiger partial charge in [0, 0.05) is 0 Å². The molecule has 138 valence electrons. The lowest BCUT2D eigenvalue weighted by molar-refractivity contribution is 0.496. The minimum absolute atomic E-state index is 0.815. The molecule has 0 aromatic carbocycles. The molecule has 1 saturated carbocycles. The van der Waals surface area contributed by atoms with Gasteiger partial charge in [-0.1, -0.05) is 94.9 Å². The zero-order valence-electron chi connectivity index (χ0n) is 17.4. The number of hydrogen-bond acceptors (Lipinski definition) is 0. The van der Waals surface area contributed by atoms with Gasteiger partial charge < -0.3 is 0 Å². The van der Waals surface area contributed by atoms with Crippen molar-refractivity contribution in [1.82, 2.24) is 0 Å². The third-order valence-corrected chi connectivity index (χ3v) is 12.5.